The Morgan fingerprint density at radius 3 is 2.52 bits per heavy atom. The maximum absolute atomic E-state index is 13.2. The average molecular weight is 365 g/mol. The second kappa shape index (κ2) is 7.05. The fourth-order valence-electron chi connectivity index (χ4n) is 4.33. The highest BCUT2D eigenvalue weighted by Crippen LogP contribution is 2.44. The molecule has 1 aromatic carbocycles. The Hall–Kier alpha value is -1.44. The minimum Gasteiger partial charge on any atom is -0.326 e. The van der Waals surface area contributed by atoms with E-state index in [0.29, 0.717) is 25.9 Å². The fraction of sp³-hybridized carbons (Fsp3) is 0.611. The van der Waals surface area contributed by atoms with Crippen molar-refractivity contribution >= 4 is 21.6 Å². The molecule has 0 spiro atoms. The SMILES string of the molecule is CCN1CC[C@@]2(C(=O)Nc3ccccc3)CCN(S(C)(=O)=O)CC[C@@H]12. The topological polar surface area (TPSA) is 69.7 Å². The Morgan fingerprint density at radius 1 is 1.20 bits per heavy atom. The molecular formula is C18H27N3O3S. The van der Waals surface area contributed by atoms with Crippen molar-refractivity contribution in [2.45, 2.75) is 32.2 Å². The third kappa shape index (κ3) is 3.59. The van der Waals surface area contributed by atoms with Gasteiger partial charge in [-0.3, -0.25) is 9.69 Å². The minimum absolute atomic E-state index is 0.0231. The monoisotopic (exact) mass is 365 g/mol. The van der Waals surface area contributed by atoms with Gasteiger partial charge in [-0.15, -0.1) is 0 Å². The maximum atomic E-state index is 13.2. The Bertz CT molecular complexity index is 722. The van der Waals surface area contributed by atoms with Crippen LogP contribution < -0.4 is 5.32 Å². The number of hydrogen-bond acceptors (Lipinski definition) is 4. The summed E-state index contributed by atoms with van der Waals surface area (Å²) in [6.45, 7) is 4.77. The van der Waals surface area contributed by atoms with Crippen LogP contribution in [0, 0.1) is 5.41 Å². The predicted octanol–water partition coefficient (Wildman–Crippen LogP) is 1.76. The molecule has 0 saturated carbocycles. The lowest BCUT2D eigenvalue weighted by atomic mass is 9.75. The van der Waals surface area contributed by atoms with Crippen LogP contribution in [0.2, 0.25) is 0 Å². The van der Waals surface area contributed by atoms with Gasteiger partial charge in [0.1, 0.15) is 0 Å². The molecule has 0 unspecified atom stereocenters. The molecule has 6 nitrogen and oxygen atoms in total. The number of carbonyl (C=O) groups is 1. The fourth-order valence-corrected chi connectivity index (χ4v) is 5.19. The molecule has 2 atom stereocenters. The number of likely N-dealkylation sites (tertiary alicyclic amines) is 1. The smallest absolute Gasteiger partial charge is 0.232 e. The molecule has 2 aliphatic heterocycles. The maximum Gasteiger partial charge on any atom is 0.232 e. The van der Waals surface area contributed by atoms with Gasteiger partial charge in [0.25, 0.3) is 0 Å². The number of amides is 1. The molecule has 0 bridgehead atoms. The molecule has 2 saturated heterocycles. The molecule has 2 aliphatic rings. The minimum atomic E-state index is -3.23. The largest absolute Gasteiger partial charge is 0.326 e. The summed E-state index contributed by atoms with van der Waals surface area (Å²) < 4.78 is 25.5. The second-order valence-electron chi connectivity index (χ2n) is 7.07. The molecule has 1 amide bonds. The van der Waals surface area contributed by atoms with Crippen molar-refractivity contribution in [1.82, 2.24) is 9.21 Å². The van der Waals surface area contributed by atoms with Crippen molar-refractivity contribution in [3.8, 4) is 0 Å². The summed E-state index contributed by atoms with van der Waals surface area (Å²) in [4.78, 5) is 15.6. The van der Waals surface area contributed by atoms with Crippen molar-refractivity contribution in [1.29, 1.82) is 0 Å². The number of benzene rings is 1. The van der Waals surface area contributed by atoms with Crippen LogP contribution in [0.3, 0.4) is 0 Å². The Balaban J connectivity index is 1.87. The van der Waals surface area contributed by atoms with E-state index >= 15 is 0 Å². The first-order valence-electron chi connectivity index (χ1n) is 8.92. The van der Waals surface area contributed by atoms with Crippen LogP contribution in [-0.2, 0) is 14.8 Å². The van der Waals surface area contributed by atoms with Crippen LogP contribution in [0.1, 0.15) is 26.2 Å². The van der Waals surface area contributed by atoms with Gasteiger partial charge in [-0.2, -0.15) is 0 Å². The molecule has 138 valence electrons. The van der Waals surface area contributed by atoms with Crippen molar-refractivity contribution in [3.63, 3.8) is 0 Å². The van der Waals surface area contributed by atoms with E-state index in [1.54, 1.807) is 0 Å². The van der Waals surface area contributed by atoms with Crippen LogP contribution >= 0.6 is 0 Å². The van der Waals surface area contributed by atoms with Crippen LogP contribution in [0.4, 0.5) is 5.69 Å². The van der Waals surface area contributed by atoms with Gasteiger partial charge in [-0.1, -0.05) is 25.1 Å². The molecule has 2 fully saturated rings. The van der Waals surface area contributed by atoms with E-state index in [1.165, 1.54) is 10.6 Å². The molecule has 1 aromatic rings. The van der Waals surface area contributed by atoms with E-state index in [2.05, 4.69) is 17.1 Å². The van der Waals surface area contributed by atoms with Gasteiger partial charge in [0.05, 0.1) is 11.7 Å². The number of carbonyl (C=O) groups excluding carboxylic acids is 1. The van der Waals surface area contributed by atoms with E-state index in [0.717, 1.165) is 25.2 Å². The summed E-state index contributed by atoms with van der Waals surface area (Å²) in [6, 6.07) is 9.58. The zero-order valence-electron chi connectivity index (χ0n) is 14.9. The zero-order chi connectivity index (χ0) is 18.1. The second-order valence-corrected chi connectivity index (χ2v) is 9.05. The van der Waals surface area contributed by atoms with Gasteiger partial charge in [-0.05, 0) is 44.5 Å². The first kappa shape index (κ1) is 18.4. The normalized spacial score (nSPS) is 28.3. The molecule has 7 heteroatoms. The van der Waals surface area contributed by atoms with E-state index < -0.39 is 15.4 Å². The first-order chi connectivity index (χ1) is 11.9. The van der Waals surface area contributed by atoms with Crippen LogP contribution in [0.15, 0.2) is 30.3 Å². The quantitative estimate of drug-likeness (QED) is 0.883. The lowest BCUT2D eigenvalue weighted by Gasteiger charge is -2.35. The number of fused-ring (bicyclic) bond motifs is 1. The average Bonchev–Trinajstić information content (AvgIpc) is 2.81. The lowest BCUT2D eigenvalue weighted by Crippen LogP contribution is -2.47. The number of rotatable bonds is 4. The van der Waals surface area contributed by atoms with Gasteiger partial charge in [0.15, 0.2) is 0 Å². The van der Waals surface area contributed by atoms with Gasteiger partial charge in [0, 0.05) is 24.8 Å². The van der Waals surface area contributed by atoms with Crippen molar-refractivity contribution in [3.05, 3.63) is 30.3 Å². The van der Waals surface area contributed by atoms with Crippen LogP contribution in [-0.4, -0.2) is 62.0 Å². The first-order valence-corrected chi connectivity index (χ1v) is 10.8. The van der Waals surface area contributed by atoms with Crippen molar-refractivity contribution < 1.29 is 13.2 Å². The summed E-state index contributed by atoms with van der Waals surface area (Å²) in [6.07, 6.45) is 3.30. The molecular weight excluding hydrogens is 338 g/mol. The lowest BCUT2D eigenvalue weighted by molar-refractivity contribution is -0.127. The van der Waals surface area contributed by atoms with Gasteiger partial charge in [0.2, 0.25) is 15.9 Å². The Morgan fingerprint density at radius 2 is 1.88 bits per heavy atom. The molecule has 25 heavy (non-hydrogen) atoms. The third-order valence-electron chi connectivity index (χ3n) is 5.74. The number of anilines is 1. The summed E-state index contributed by atoms with van der Waals surface area (Å²) >= 11 is 0. The van der Waals surface area contributed by atoms with E-state index in [-0.39, 0.29) is 11.9 Å². The summed E-state index contributed by atoms with van der Waals surface area (Å²) in [5, 5.41) is 3.07. The van der Waals surface area contributed by atoms with E-state index in [4.69, 9.17) is 0 Å². The molecule has 3 rings (SSSR count). The number of hydrogen-bond donors (Lipinski definition) is 1. The summed E-state index contributed by atoms with van der Waals surface area (Å²) in [7, 11) is -3.23. The van der Waals surface area contributed by atoms with E-state index in [9.17, 15) is 13.2 Å². The van der Waals surface area contributed by atoms with E-state index in [1.807, 2.05) is 30.3 Å². The number of sulfonamides is 1. The zero-order valence-corrected chi connectivity index (χ0v) is 15.8. The van der Waals surface area contributed by atoms with Gasteiger partial charge < -0.3 is 5.32 Å². The standard InChI is InChI=1S/C18H27N3O3S/c1-3-20-13-10-18(17(22)19-15-7-5-4-6-8-15)11-14-21(25(2,23)24)12-9-16(18)20/h4-8,16H,3,9-14H2,1-2H3,(H,19,22)/t16-,18-/m1/s1. The molecule has 0 aliphatic carbocycles. The molecule has 2 heterocycles. The predicted molar refractivity (Wildman–Crippen MR) is 98.8 cm³/mol. The Kier molecular flexibility index (Phi) is 5.18. The van der Waals surface area contributed by atoms with Crippen molar-refractivity contribution in [2.75, 3.05) is 37.8 Å². The summed E-state index contributed by atoms with van der Waals surface area (Å²) in [5.41, 5.74) is 0.269. The van der Waals surface area contributed by atoms with Gasteiger partial charge >= 0.3 is 0 Å². The summed E-state index contributed by atoms with van der Waals surface area (Å²) in [5.74, 6) is 0.0231. The number of para-hydroxylation sites is 1. The highest BCUT2D eigenvalue weighted by molar-refractivity contribution is 7.88. The van der Waals surface area contributed by atoms with Crippen LogP contribution in [0.25, 0.3) is 0 Å². The highest BCUT2D eigenvalue weighted by Gasteiger charge is 2.53. The highest BCUT2D eigenvalue weighted by atomic mass is 32.2. The van der Waals surface area contributed by atoms with Crippen LogP contribution in [0.5, 0.6) is 0 Å². The van der Waals surface area contributed by atoms with Crippen molar-refractivity contribution in [2.24, 2.45) is 5.41 Å². The third-order valence-corrected chi connectivity index (χ3v) is 7.05. The Labute approximate surface area is 150 Å². The molecule has 0 radical (unpaired) electrons. The molecule has 1 N–H and O–H groups in total. The van der Waals surface area contributed by atoms with Gasteiger partial charge in [-0.25, -0.2) is 12.7 Å². The molecule has 0 aromatic heterocycles. The number of nitrogens with one attached hydrogen (secondary N) is 1. The number of nitrogens with zero attached hydrogens (tertiary/aromatic N) is 2.